The fourth-order valence-corrected chi connectivity index (χ4v) is 2.86. The lowest BCUT2D eigenvalue weighted by Gasteiger charge is -2.31. The number of carbonyl (C=O) groups is 1. The molecule has 5 heteroatoms. The number of anilines is 1. The van der Waals surface area contributed by atoms with E-state index in [-0.39, 0.29) is 19.1 Å². The summed E-state index contributed by atoms with van der Waals surface area (Å²) in [6, 6.07) is 3.32. The molecule has 1 saturated heterocycles. The summed E-state index contributed by atoms with van der Waals surface area (Å²) in [7, 11) is 1.32. The number of rotatable bonds is 4. The van der Waals surface area contributed by atoms with Crippen molar-refractivity contribution in [3.8, 4) is 0 Å². The number of nitrogens with one attached hydrogen (secondary N) is 1. The minimum Gasteiger partial charge on any atom is -0.465 e. The topological polar surface area (TPSA) is 47.6 Å². The van der Waals surface area contributed by atoms with Crippen LogP contribution in [0.4, 0.5) is 5.69 Å². The second-order valence-corrected chi connectivity index (χ2v) is 5.90. The lowest BCUT2D eigenvalue weighted by atomic mass is 10.00. The highest BCUT2D eigenvalue weighted by Crippen LogP contribution is 2.28. The first kappa shape index (κ1) is 10.6. The second kappa shape index (κ2) is 7.27. The Bertz CT molecular complexity index is 681. The van der Waals surface area contributed by atoms with Crippen molar-refractivity contribution in [1.82, 2.24) is 0 Å². The molecule has 0 aliphatic carbocycles. The van der Waals surface area contributed by atoms with Gasteiger partial charge in [-0.1, -0.05) is 22.8 Å². The molecular weight excluding hydrogens is 334 g/mol. The van der Waals surface area contributed by atoms with Crippen molar-refractivity contribution >= 4 is 27.6 Å². The van der Waals surface area contributed by atoms with Gasteiger partial charge in [-0.25, -0.2) is 4.79 Å². The molecule has 0 amide bonds. The van der Waals surface area contributed by atoms with E-state index in [0.29, 0.717) is 27.7 Å². The second-order valence-electron chi connectivity index (χ2n) is 4.99. The molecule has 0 aromatic heterocycles. The third-order valence-corrected chi connectivity index (χ3v) is 4.04. The van der Waals surface area contributed by atoms with Crippen LogP contribution in [0.5, 0.6) is 0 Å². The molecular formula is C16H22BrNO3. The largest absolute Gasteiger partial charge is 0.465 e. The van der Waals surface area contributed by atoms with Gasteiger partial charge >= 0.3 is 5.97 Å². The van der Waals surface area contributed by atoms with Gasteiger partial charge in [0.25, 0.3) is 0 Å². The lowest BCUT2D eigenvalue weighted by molar-refractivity contribution is 0.00924. The lowest BCUT2D eigenvalue weighted by Crippen LogP contribution is -2.34. The standard InChI is InChI=1S/C16H22BrNO3/c1-4-13-9-12(5-6-21-13)18-15-8-11(17)7-14(10(15)2)16(19)20-3/h7-8,12-13,18H,4-6,9H2,1-3H3/i1D3,4D2. The fraction of sp³-hybridized carbons (Fsp3) is 0.562. The molecule has 1 aromatic carbocycles. The number of hydrogen-bond acceptors (Lipinski definition) is 4. The van der Waals surface area contributed by atoms with Crippen molar-refractivity contribution in [3.63, 3.8) is 0 Å². The van der Waals surface area contributed by atoms with Gasteiger partial charge in [0.05, 0.1) is 18.8 Å². The molecule has 1 N–H and O–H groups in total. The van der Waals surface area contributed by atoms with E-state index in [0.717, 1.165) is 0 Å². The number of methoxy groups -OCH3 is 1. The summed E-state index contributed by atoms with van der Waals surface area (Å²) in [4.78, 5) is 11.9. The van der Waals surface area contributed by atoms with E-state index in [1.165, 1.54) is 7.11 Å². The molecule has 0 bridgehead atoms. The van der Waals surface area contributed by atoms with Crippen LogP contribution in [0.3, 0.4) is 0 Å². The van der Waals surface area contributed by atoms with Gasteiger partial charge in [-0.3, -0.25) is 0 Å². The average molecular weight is 361 g/mol. The first-order valence-electron chi connectivity index (χ1n) is 9.24. The Balaban J connectivity index is 2.21. The maximum Gasteiger partial charge on any atom is 0.338 e. The first-order valence-corrected chi connectivity index (χ1v) is 7.53. The zero-order valence-electron chi connectivity index (χ0n) is 17.0. The summed E-state index contributed by atoms with van der Waals surface area (Å²) in [6.07, 6.45) is -2.65. The van der Waals surface area contributed by atoms with Crippen molar-refractivity contribution in [1.29, 1.82) is 0 Å². The Labute approximate surface area is 141 Å². The maximum absolute atomic E-state index is 11.9. The van der Waals surface area contributed by atoms with E-state index in [2.05, 4.69) is 21.2 Å². The average Bonchev–Trinajstić information content (AvgIpc) is 2.56. The minimum atomic E-state index is -2.76. The van der Waals surface area contributed by atoms with Gasteiger partial charge in [-0.15, -0.1) is 0 Å². The molecule has 0 spiro atoms. The van der Waals surface area contributed by atoms with Gasteiger partial charge in [0.1, 0.15) is 0 Å². The molecule has 2 rings (SSSR count). The van der Waals surface area contributed by atoms with Gasteiger partial charge in [0.2, 0.25) is 0 Å². The van der Waals surface area contributed by atoms with Gasteiger partial charge in [-0.05, 0) is 43.8 Å². The van der Waals surface area contributed by atoms with Crippen molar-refractivity contribution in [3.05, 3.63) is 27.7 Å². The third kappa shape index (κ3) is 3.98. The molecule has 1 aliphatic rings. The number of carbonyl (C=O) groups excluding carboxylic acids is 1. The van der Waals surface area contributed by atoms with Crippen LogP contribution in [0.25, 0.3) is 0 Å². The van der Waals surface area contributed by atoms with Crippen molar-refractivity contribution < 1.29 is 21.1 Å². The van der Waals surface area contributed by atoms with Crippen LogP contribution in [0.2, 0.25) is 0 Å². The van der Waals surface area contributed by atoms with E-state index in [9.17, 15) is 4.79 Å². The van der Waals surface area contributed by atoms with Crippen molar-refractivity contribution in [2.45, 2.75) is 45.1 Å². The van der Waals surface area contributed by atoms with E-state index in [1.807, 2.05) is 6.07 Å². The van der Waals surface area contributed by atoms with E-state index < -0.39 is 25.3 Å². The first-order chi connectivity index (χ1) is 12.0. The summed E-state index contributed by atoms with van der Waals surface area (Å²) in [5, 5.41) is 3.29. The number of hydrogen-bond donors (Lipinski definition) is 1. The smallest absolute Gasteiger partial charge is 0.338 e. The van der Waals surface area contributed by atoms with Crippen LogP contribution in [-0.4, -0.2) is 31.8 Å². The molecule has 0 saturated carbocycles. The summed E-state index contributed by atoms with van der Waals surface area (Å²) in [6.45, 7) is -0.711. The Morgan fingerprint density at radius 3 is 3.19 bits per heavy atom. The predicted octanol–water partition coefficient (Wildman–Crippen LogP) is 3.91. The predicted molar refractivity (Wildman–Crippen MR) is 86.9 cm³/mol. The van der Waals surface area contributed by atoms with E-state index in [1.54, 1.807) is 13.0 Å². The Morgan fingerprint density at radius 2 is 2.48 bits per heavy atom. The van der Waals surface area contributed by atoms with Crippen LogP contribution in [-0.2, 0) is 9.47 Å². The van der Waals surface area contributed by atoms with Gasteiger partial charge in [0.15, 0.2) is 0 Å². The van der Waals surface area contributed by atoms with Gasteiger partial charge < -0.3 is 14.8 Å². The molecule has 1 aromatic rings. The zero-order chi connectivity index (χ0) is 19.7. The van der Waals surface area contributed by atoms with Crippen LogP contribution in [0.1, 0.15) is 48.8 Å². The highest BCUT2D eigenvalue weighted by atomic mass is 79.9. The quantitative estimate of drug-likeness (QED) is 0.826. The molecule has 21 heavy (non-hydrogen) atoms. The highest BCUT2D eigenvalue weighted by Gasteiger charge is 2.22. The number of halogens is 1. The molecule has 1 heterocycles. The highest BCUT2D eigenvalue weighted by molar-refractivity contribution is 9.10. The molecule has 1 fully saturated rings. The summed E-state index contributed by atoms with van der Waals surface area (Å²) in [5.74, 6) is -0.449. The Kier molecular flexibility index (Phi) is 3.68. The molecule has 0 radical (unpaired) electrons. The molecule has 2 unspecified atom stereocenters. The molecule has 2 atom stereocenters. The zero-order valence-corrected chi connectivity index (χ0v) is 13.6. The number of esters is 1. The summed E-state index contributed by atoms with van der Waals surface area (Å²) < 4.78 is 49.0. The van der Waals surface area contributed by atoms with E-state index >= 15 is 0 Å². The van der Waals surface area contributed by atoms with Crippen LogP contribution < -0.4 is 5.32 Å². The van der Waals surface area contributed by atoms with Crippen LogP contribution >= 0.6 is 15.9 Å². The van der Waals surface area contributed by atoms with Crippen LogP contribution in [0, 0.1) is 6.92 Å². The maximum atomic E-state index is 11.9. The van der Waals surface area contributed by atoms with E-state index in [4.69, 9.17) is 16.3 Å². The summed E-state index contributed by atoms with van der Waals surface area (Å²) in [5.41, 5.74) is 1.84. The minimum absolute atomic E-state index is 0.176. The number of ether oxygens (including phenoxy) is 2. The monoisotopic (exact) mass is 360 g/mol. The fourth-order valence-electron chi connectivity index (χ4n) is 2.40. The van der Waals surface area contributed by atoms with Crippen LogP contribution in [0.15, 0.2) is 16.6 Å². The third-order valence-electron chi connectivity index (χ3n) is 3.58. The van der Waals surface area contributed by atoms with Crippen molar-refractivity contribution in [2.24, 2.45) is 0 Å². The molecule has 1 aliphatic heterocycles. The summed E-state index contributed by atoms with van der Waals surface area (Å²) >= 11 is 3.37. The SMILES string of the molecule is [2H]C([2H])([2H])C([2H])([2H])C1CC(Nc2cc(Br)cc(C(=O)OC)c2C)CCO1. The normalized spacial score (nSPS) is 26.7. The van der Waals surface area contributed by atoms with Gasteiger partial charge in [0, 0.05) is 29.7 Å². The number of benzene rings is 1. The molecule has 4 nitrogen and oxygen atoms in total. The Hall–Kier alpha value is -1.07. The molecule has 116 valence electrons. The van der Waals surface area contributed by atoms with Gasteiger partial charge in [-0.2, -0.15) is 0 Å². The van der Waals surface area contributed by atoms with Crippen molar-refractivity contribution in [2.75, 3.05) is 19.0 Å². The Morgan fingerprint density at radius 1 is 1.67 bits per heavy atom.